The van der Waals surface area contributed by atoms with E-state index in [1.54, 1.807) is 81.4 Å². The van der Waals surface area contributed by atoms with Gasteiger partial charge in [0.25, 0.3) is 20.0 Å². The molecule has 0 spiro atoms. The van der Waals surface area contributed by atoms with Gasteiger partial charge >= 0.3 is 19.3 Å². The number of aromatic nitrogens is 4. The van der Waals surface area contributed by atoms with E-state index in [9.17, 15) is 26.4 Å². The molecule has 5 heterocycles. The summed E-state index contributed by atoms with van der Waals surface area (Å²) in [6, 6.07) is 34.9. The number of hydrogen-bond acceptors (Lipinski definition) is 12. The van der Waals surface area contributed by atoms with Gasteiger partial charge in [0, 0.05) is 53.3 Å². The van der Waals surface area contributed by atoms with E-state index in [1.807, 2.05) is 97.0 Å². The highest BCUT2D eigenvalue weighted by molar-refractivity contribution is 9.10. The molecule has 4 aromatic carbocycles. The van der Waals surface area contributed by atoms with Crippen molar-refractivity contribution in [2.24, 2.45) is 0 Å². The van der Waals surface area contributed by atoms with Crippen LogP contribution in [0.4, 0.5) is 9.59 Å². The topological polar surface area (TPSA) is 199 Å². The van der Waals surface area contributed by atoms with Crippen molar-refractivity contribution >= 4 is 106 Å². The lowest BCUT2D eigenvalue weighted by Gasteiger charge is -2.32. The summed E-state index contributed by atoms with van der Waals surface area (Å²) in [7, 11) is -8.00. The Morgan fingerprint density at radius 3 is 1.53 bits per heavy atom. The molecule has 0 unspecified atom stereocenters. The molecule has 22 heteroatoms. The van der Waals surface area contributed by atoms with Crippen LogP contribution in [-0.4, -0.2) is 76.5 Å². The van der Waals surface area contributed by atoms with E-state index in [2.05, 4.69) is 36.5 Å². The molecule has 0 radical (unpaired) electrons. The van der Waals surface area contributed by atoms with E-state index >= 15 is 0 Å². The number of carbonyl (C=O) groups excluding carboxylic acids is 2. The first-order valence-electron chi connectivity index (χ1n) is 24.5. The first-order chi connectivity index (χ1) is 36.5. The number of fused-ring (bicyclic) bond motifs is 2. The Bertz CT molecular complexity index is 3680. The van der Waals surface area contributed by atoms with E-state index in [0.717, 1.165) is 30.1 Å². The molecular weight excluding hydrogens is 1150 g/mol. The van der Waals surface area contributed by atoms with Crippen LogP contribution in [0.1, 0.15) is 87.8 Å². The number of alkyl carbamates (subject to hydrolysis) is 2. The van der Waals surface area contributed by atoms with Crippen LogP contribution in [0.25, 0.3) is 33.2 Å². The molecule has 2 amide bonds. The van der Waals surface area contributed by atoms with Crippen molar-refractivity contribution in [3.8, 4) is 11.1 Å². The van der Waals surface area contributed by atoms with Gasteiger partial charge in [-0.05, 0) is 150 Å². The summed E-state index contributed by atoms with van der Waals surface area (Å²) in [5.41, 5.74) is 2.77. The van der Waals surface area contributed by atoms with Crippen LogP contribution in [0.2, 0.25) is 10.0 Å². The van der Waals surface area contributed by atoms with Crippen LogP contribution >= 0.6 is 39.1 Å². The standard InChI is InChI=1S/C25H24ClN3O4S.C18H28BNO4.C13H8BrClN2O2S.CH4/c1-25(2,3)33-24(30)28-15-17-8-7-9-18(14-17)20-16-29(23-22(20)21(26)12-13-27-23)34(31,32)19-10-5-4-6-11-19;1-16(2,3)22-15(21)20-12-13-9-8-10-14(11-13)19-23-17(4,5)18(6,7)24-19;14-10-8-17(13-12(10)11(15)6-7-16-13)20(18,19)9-4-2-1-3-5-9;/h4-14,16H,15H2,1-3H3,(H,28,30);8-11H,12H2,1-7H3,(H,20,21);1-8H;1H4. The molecule has 1 aliphatic rings. The normalized spacial score (nSPS) is 14.0. The summed E-state index contributed by atoms with van der Waals surface area (Å²) in [4.78, 5) is 32.6. The number of nitrogens with zero attached hydrogens (tertiary/aromatic N) is 4. The van der Waals surface area contributed by atoms with Crippen molar-refractivity contribution in [2.45, 2.75) is 122 Å². The van der Waals surface area contributed by atoms with E-state index in [1.165, 1.54) is 36.9 Å². The zero-order valence-electron chi connectivity index (χ0n) is 44.7. The molecule has 418 valence electrons. The van der Waals surface area contributed by atoms with E-state index in [-0.39, 0.29) is 40.6 Å². The summed E-state index contributed by atoms with van der Waals surface area (Å²) in [5, 5.41) is 7.44. The van der Waals surface area contributed by atoms with Gasteiger partial charge in [0.15, 0.2) is 11.3 Å². The SMILES string of the molecule is C.CC(C)(C)OC(=O)NCc1cccc(-c2cn(S(=O)(=O)c3ccccc3)c3nccc(Cl)c23)c1.CC(C)(C)OC(=O)NCc1cccc(B2OC(C)(C)C(C)(C)O2)c1.O=S(=O)(c1ccccc1)n1cc(Br)c2c(Cl)ccnc21. The maximum atomic E-state index is 13.4. The maximum Gasteiger partial charge on any atom is 0.494 e. The molecule has 0 aliphatic carbocycles. The smallest absolute Gasteiger partial charge is 0.444 e. The molecule has 2 N–H and O–H groups in total. The fraction of sp³-hybridized carbons (Fsp3) is 0.298. The van der Waals surface area contributed by atoms with Crippen LogP contribution < -0.4 is 16.1 Å². The number of hydrogen-bond donors (Lipinski definition) is 2. The van der Waals surface area contributed by atoms with Gasteiger partial charge in [-0.15, -0.1) is 0 Å². The monoisotopic (exact) mass is 1220 g/mol. The van der Waals surface area contributed by atoms with Crippen LogP contribution in [0.5, 0.6) is 0 Å². The molecule has 1 saturated heterocycles. The van der Waals surface area contributed by atoms with Crippen molar-refractivity contribution < 1.29 is 45.2 Å². The van der Waals surface area contributed by atoms with Gasteiger partial charge in [0.1, 0.15) is 11.2 Å². The summed E-state index contributed by atoms with van der Waals surface area (Å²) >= 11 is 15.9. The third-order valence-corrected chi connectivity index (χ3v) is 16.7. The number of pyridine rings is 2. The molecule has 0 atom stereocenters. The minimum Gasteiger partial charge on any atom is -0.444 e. The lowest BCUT2D eigenvalue weighted by molar-refractivity contribution is 0.00578. The Hall–Kier alpha value is -6.26. The predicted molar refractivity (Wildman–Crippen MR) is 316 cm³/mol. The zero-order valence-corrected chi connectivity index (χ0v) is 49.4. The Labute approximate surface area is 481 Å². The second-order valence-corrected chi connectivity index (χ2v) is 26.3. The lowest BCUT2D eigenvalue weighted by atomic mass is 9.78. The lowest BCUT2D eigenvalue weighted by Crippen LogP contribution is -2.41. The van der Waals surface area contributed by atoms with Crippen LogP contribution in [0.3, 0.4) is 0 Å². The number of ether oxygens (including phenoxy) is 2. The number of halogens is 3. The van der Waals surface area contributed by atoms with Gasteiger partial charge in [-0.1, -0.05) is 109 Å². The highest BCUT2D eigenvalue weighted by Gasteiger charge is 2.51. The minimum atomic E-state index is -3.90. The van der Waals surface area contributed by atoms with Crippen molar-refractivity contribution in [2.75, 3.05) is 0 Å². The van der Waals surface area contributed by atoms with Crippen molar-refractivity contribution in [3.05, 3.63) is 172 Å². The molecule has 0 saturated carbocycles. The van der Waals surface area contributed by atoms with Gasteiger partial charge in [-0.2, -0.15) is 0 Å². The Morgan fingerprint density at radius 2 is 1.05 bits per heavy atom. The highest BCUT2D eigenvalue weighted by atomic mass is 79.9. The first kappa shape index (κ1) is 61.9. The van der Waals surface area contributed by atoms with Gasteiger partial charge in [-0.25, -0.2) is 44.3 Å². The first-order valence-corrected chi connectivity index (χ1v) is 29.0. The highest BCUT2D eigenvalue weighted by Crippen LogP contribution is 2.38. The molecule has 16 nitrogen and oxygen atoms in total. The molecule has 1 fully saturated rings. The minimum absolute atomic E-state index is 0. The van der Waals surface area contributed by atoms with Crippen molar-refractivity contribution in [1.29, 1.82) is 0 Å². The fourth-order valence-corrected chi connectivity index (χ4v) is 11.8. The van der Waals surface area contributed by atoms with Gasteiger partial charge in [-0.3, -0.25) is 0 Å². The second kappa shape index (κ2) is 24.6. The summed E-state index contributed by atoms with van der Waals surface area (Å²) in [6.07, 6.45) is 5.01. The van der Waals surface area contributed by atoms with E-state index < -0.39 is 50.6 Å². The summed E-state index contributed by atoms with van der Waals surface area (Å²) < 4.78 is 77.6. The molecule has 0 bridgehead atoms. The zero-order chi connectivity index (χ0) is 57.0. The quantitative estimate of drug-likeness (QED) is 0.123. The average molecular weight is 1220 g/mol. The third kappa shape index (κ3) is 15.0. The molecule has 79 heavy (non-hydrogen) atoms. The Kier molecular flexibility index (Phi) is 19.3. The van der Waals surface area contributed by atoms with Gasteiger partial charge < -0.3 is 29.4 Å². The van der Waals surface area contributed by atoms with E-state index in [4.69, 9.17) is 42.0 Å². The molecule has 8 aromatic rings. The number of carbonyl (C=O) groups is 2. The van der Waals surface area contributed by atoms with Crippen LogP contribution in [-0.2, 0) is 51.9 Å². The average Bonchev–Trinajstić information content (AvgIpc) is 4.16. The van der Waals surface area contributed by atoms with E-state index in [0.29, 0.717) is 43.0 Å². The molecule has 4 aromatic heterocycles. The molecule has 9 rings (SSSR count). The number of benzene rings is 4. The van der Waals surface area contributed by atoms with Crippen molar-refractivity contribution in [1.82, 2.24) is 28.5 Å². The van der Waals surface area contributed by atoms with Crippen LogP contribution in [0, 0.1) is 0 Å². The summed E-state index contributed by atoms with van der Waals surface area (Å²) in [6.45, 7) is 19.7. The maximum absolute atomic E-state index is 13.4. The number of rotatable bonds is 10. The number of amides is 2. The molecular formula is C57H64BBrCl2N6O10S2. The number of nitrogens with one attached hydrogen (secondary N) is 2. The Morgan fingerprint density at radius 1 is 0.620 bits per heavy atom. The Balaban J connectivity index is 0.000000198. The molecule has 1 aliphatic heterocycles. The third-order valence-electron chi connectivity index (χ3n) is 12.1. The van der Waals surface area contributed by atoms with Crippen molar-refractivity contribution in [3.63, 3.8) is 0 Å². The fourth-order valence-electron chi connectivity index (χ4n) is 7.78. The van der Waals surface area contributed by atoms with Crippen LogP contribution in [0.15, 0.2) is 160 Å². The largest absolute Gasteiger partial charge is 0.494 e. The second-order valence-electron chi connectivity index (χ2n) is 21.0. The van der Waals surface area contributed by atoms with Gasteiger partial charge in [0.05, 0.1) is 36.4 Å². The predicted octanol–water partition coefficient (Wildman–Crippen LogP) is 13.0. The summed E-state index contributed by atoms with van der Waals surface area (Å²) in [5.74, 6) is 0. The van der Waals surface area contributed by atoms with Gasteiger partial charge in [0.2, 0.25) is 0 Å².